The van der Waals surface area contributed by atoms with E-state index in [9.17, 15) is 9.59 Å². The fourth-order valence-electron chi connectivity index (χ4n) is 4.74. The fraction of sp³-hybridized carbons (Fsp3) is 0.409. The second kappa shape index (κ2) is 7.85. The maximum absolute atomic E-state index is 12.8. The maximum Gasteiger partial charge on any atom is 0.251 e. The molecular formula is C22H24N6O2. The van der Waals surface area contributed by atoms with Gasteiger partial charge in [-0.3, -0.25) is 19.3 Å². The van der Waals surface area contributed by atoms with Gasteiger partial charge in [-0.15, -0.1) is 0 Å². The van der Waals surface area contributed by atoms with Crippen molar-refractivity contribution in [3.8, 4) is 11.3 Å². The van der Waals surface area contributed by atoms with Crippen molar-refractivity contribution in [1.29, 1.82) is 0 Å². The quantitative estimate of drug-likeness (QED) is 0.649. The SMILES string of the molecule is O=C(CCCn1cncn1)N1C[C@@H]2C[C@H](C1)c1cc(-c3ccccn3)cc(=O)n1C2. The Morgan fingerprint density at radius 2 is 2.10 bits per heavy atom. The van der Waals surface area contributed by atoms with Gasteiger partial charge in [0.15, 0.2) is 0 Å². The molecule has 1 fully saturated rings. The Hall–Kier alpha value is -3.29. The summed E-state index contributed by atoms with van der Waals surface area (Å²) in [5, 5.41) is 4.08. The van der Waals surface area contributed by atoms with Crippen LogP contribution in [0.15, 0.2) is 54.0 Å². The van der Waals surface area contributed by atoms with Gasteiger partial charge in [0.2, 0.25) is 5.91 Å². The first-order chi connectivity index (χ1) is 14.7. The molecule has 1 amide bonds. The third-order valence-corrected chi connectivity index (χ3v) is 6.11. The summed E-state index contributed by atoms with van der Waals surface area (Å²) in [5.41, 5.74) is 2.70. The molecule has 8 nitrogen and oxygen atoms in total. The van der Waals surface area contributed by atoms with Crippen molar-refractivity contribution in [3.63, 3.8) is 0 Å². The van der Waals surface area contributed by atoms with Crippen LogP contribution < -0.4 is 5.56 Å². The number of amides is 1. The van der Waals surface area contributed by atoms with Crippen LogP contribution in [0.3, 0.4) is 0 Å². The number of carbonyl (C=O) groups is 1. The highest BCUT2D eigenvalue weighted by atomic mass is 16.2. The lowest BCUT2D eigenvalue weighted by atomic mass is 9.82. The van der Waals surface area contributed by atoms with Gasteiger partial charge in [0.05, 0.1) is 5.69 Å². The number of hydrogen-bond acceptors (Lipinski definition) is 5. The van der Waals surface area contributed by atoms with Gasteiger partial charge in [-0.05, 0) is 37.0 Å². The third kappa shape index (κ3) is 3.65. The van der Waals surface area contributed by atoms with Gasteiger partial charge in [-0.1, -0.05) is 6.07 Å². The van der Waals surface area contributed by atoms with Crippen LogP contribution in [0.5, 0.6) is 0 Å². The monoisotopic (exact) mass is 404 g/mol. The molecule has 2 bridgehead atoms. The summed E-state index contributed by atoms with van der Waals surface area (Å²) in [7, 11) is 0. The summed E-state index contributed by atoms with van der Waals surface area (Å²) >= 11 is 0. The largest absolute Gasteiger partial charge is 0.342 e. The molecule has 2 aliphatic rings. The molecule has 5 heterocycles. The van der Waals surface area contributed by atoms with E-state index < -0.39 is 0 Å². The van der Waals surface area contributed by atoms with Gasteiger partial charge in [0.25, 0.3) is 5.56 Å². The molecular weight excluding hydrogens is 380 g/mol. The molecule has 2 aliphatic heterocycles. The Morgan fingerprint density at radius 3 is 2.90 bits per heavy atom. The molecule has 0 aromatic carbocycles. The Morgan fingerprint density at radius 1 is 1.17 bits per heavy atom. The van der Waals surface area contributed by atoms with E-state index in [1.807, 2.05) is 27.7 Å². The molecule has 2 atom stereocenters. The normalized spacial score (nSPS) is 20.1. The molecule has 0 N–H and O–H groups in total. The number of pyridine rings is 2. The molecule has 0 aliphatic carbocycles. The number of piperidine rings is 1. The highest BCUT2D eigenvalue weighted by Gasteiger charge is 2.36. The Bertz CT molecular complexity index is 1090. The molecule has 0 unspecified atom stereocenters. The number of fused-ring (bicyclic) bond motifs is 4. The lowest BCUT2D eigenvalue weighted by Gasteiger charge is -2.43. The number of aryl methyl sites for hydroxylation is 1. The van der Waals surface area contributed by atoms with Crippen LogP contribution in [-0.2, 0) is 17.9 Å². The van der Waals surface area contributed by atoms with E-state index in [4.69, 9.17) is 0 Å². The summed E-state index contributed by atoms with van der Waals surface area (Å²) in [6.07, 6.45) is 7.18. The first kappa shape index (κ1) is 18.7. The highest BCUT2D eigenvalue weighted by Crippen LogP contribution is 2.36. The zero-order valence-corrected chi connectivity index (χ0v) is 16.7. The maximum atomic E-state index is 12.8. The second-order valence-electron chi connectivity index (χ2n) is 8.19. The average molecular weight is 404 g/mol. The third-order valence-electron chi connectivity index (χ3n) is 6.11. The molecule has 0 spiro atoms. The predicted octanol–water partition coefficient (Wildman–Crippen LogP) is 1.93. The number of nitrogens with zero attached hydrogens (tertiary/aromatic N) is 6. The van der Waals surface area contributed by atoms with Crippen LogP contribution in [0, 0.1) is 5.92 Å². The van der Waals surface area contributed by atoms with Crippen LogP contribution in [-0.4, -0.2) is 48.2 Å². The summed E-state index contributed by atoms with van der Waals surface area (Å²) in [5.74, 6) is 0.698. The minimum Gasteiger partial charge on any atom is -0.342 e. The first-order valence-electron chi connectivity index (χ1n) is 10.4. The second-order valence-corrected chi connectivity index (χ2v) is 8.19. The molecule has 0 radical (unpaired) electrons. The standard InChI is InChI=1S/C22H24N6O2/c29-21(5-3-7-27-15-23-14-25-27)26-11-16-8-18(13-26)20-9-17(10-22(30)28(20)12-16)19-4-1-2-6-24-19/h1-2,4,6,9-10,14-16,18H,3,5,7-8,11-13H2/t16-,18+/m0/s1. The lowest BCUT2D eigenvalue weighted by Crippen LogP contribution is -2.49. The molecule has 8 heteroatoms. The molecule has 1 saturated heterocycles. The summed E-state index contributed by atoms with van der Waals surface area (Å²) in [4.78, 5) is 35.9. The lowest BCUT2D eigenvalue weighted by molar-refractivity contribution is -0.134. The van der Waals surface area contributed by atoms with Crippen LogP contribution >= 0.6 is 0 Å². The number of rotatable bonds is 5. The van der Waals surface area contributed by atoms with Crippen molar-refractivity contribution in [2.75, 3.05) is 13.1 Å². The minimum absolute atomic E-state index is 0.0236. The summed E-state index contributed by atoms with van der Waals surface area (Å²) < 4.78 is 3.65. The average Bonchev–Trinajstić information content (AvgIpc) is 3.28. The van der Waals surface area contributed by atoms with Gasteiger partial charge < -0.3 is 9.47 Å². The number of aromatic nitrogens is 5. The Kier molecular flexibility index (Phi) is 4.90. The zero-order chi connectivity index (χ0) is 20.5. The van der Waals surface area contributed by atoms with Crippen molar-refractivity contribution < 1.29 is 4.79 Å². The fourth-order valence-corrected chi connectivity index (χ4v) is 4.74. The number of carbonyl (C=O) groups excluding carboxylic acids is 1. The van der Waals surface area contributed by atoms with Crippen LogP contribution in [0.25, 0.3) is 11.3 Å². The predicted molar refractivity (Wildman–Crippen MR) is 111 cm³/mol. The summed E-state index contributed by atoms with van der Waals surface area (Å²) in [6, 6.07) is 9.48. The summed E-state index contributed by atoms with van der Waals surface area (Å²) in [6.45, 7) is 2.77. The minimum atomic E-state index is 0.0236. The van der Waals surface area contributed by atoms with Gasteiger partial charge >= 0.3 is 0 Å². The van der Waals surface area contributed by atoms with Gasteiger partial charge in [0, 0.05) is 62.0 Å². The van der Waals surface area contributed by atoms with Crippen molar-refractivity contribution in [3.05, 3.63) is 65.2 Å². The van der Waals surface area contributed by atoms with Crippen LogP contribution in [0.4, 0.5) is 0 Å². The van der Waals surface area contributed by atoms with Crippen molar-refractivity contribution in [1.82, 2.24) is 29.2 Å². The van der Waals surface area contributed by atoms with Crippen molar-refractivity contribution in [2.24, 2.45) is 5.92 Å². The van der Waals surface area contributed by atoms with Crippen LogP contribution in [0.2, 0.25) is 0 Å². The molecule has 5 rings (SSSR count). The molecule has 3 aromatic heterocycles. The van der Waals surface area contributed by atoms with Crippen LogP contribution in [0.1, 0.15) is 30.9 Å². The topological polar surface area (TPSA) is 85.9 Å². The Labute approximate surface area is 174 Å². The van der Waals surface area contributed by atoms with E-state index >= 15 is 0 Å². The van der Waals surface area contributed by atoms with E-state index in [2.05, 4.69) is 21.1 Å². The highest BCUT2D eigenvalue weighted by molar-refractivity contribution is 5.76. The van der Waals surface area contributed by atoms with E-state index in [1.54, 1.807) is 23.3 Å². The van der Waals surface area contributed by atoms with Crippen molar-refractivity contribution in [2.45, 2.75) is 38.3 Å². The van der Waals surface area contributed by atoms with Gasteiger partial charge in [-0.25, -0.2) is 4.98 Å². The van der Waals surface area contributed by atoms with Gasteiger partial charge in [0.1, 0.15) is 12.7 Å². The number of hydrogen-bond donors (Lipinski definition) is 0. The van der Waals surface area contributed by atoms with Gasteiger partial charge in [-0.2, -0.15) is 5.10 Å². The molecule has 30 heavy (non-hydrogen) atoms. The number of likely N-dealkylation sites (tertiary alicyclic amines) is 1. The first-order valence-corrected chi connectivity index (χ1v) is 10.4. The Balaban J connectivity index is 1.33. The van der Waals surface area contributed by atoms with E-state index in [0.29, 0.717) is 32.0 Å². The van der Waals surface area contributed by atoms with E-state index in [0.717, 1.165) is 36.3 Å². The molecule has 0 saturated carbocycles. The van der Waals surface area contributed by atoms with E-state index in [1.165, 1.54) is 6.33 Å². The zero-order valence-electron chi connectivity index (χ0n) is 16.7. The molecule has 3 aromatic rings. The molecule has 154 valence electrons. The van der Waals surface area contributed by atoms with E-state index in [-0.39, 0.29) is 17.4 Å². The smallest absolute Gasteiger partial charge is 0.251 e. The van der Waals surface area contributed by atoms with Crippen molar-refractivity contribution >= 4 is 5.91 Å².